The van der Waals surface area contributed by atoms with Gasteiger partial charge in [-0.25, -0.2) is 4.98 Å². The molecule has 5 nitrogen and oxygen atoms in total. The van der Waals surface area contributed by atoms with Crippen LogP contribution >= 0.6 is 0 Å². The van der Waals surface area contributed by atoms with E-state index < -0.39 is 0 Å². The molecule has 116 valence electrons. The van der Waals surface area contributed by atoms with E-state index in [0.29, 0.717) is 17.5 Å². The number of anilines is 1. The topological polar surface area (TPSA) is 77.2 Å². The van der Waals surface area contributed by atoms with Crippen molar-refractivity contribution in [2.75, 3.05) is 12.4 Å². The van der Waals surface area contributed by atoms with E-state index in [2.05, 4.69) is 31.1 Å². The Hall–Kier alpha value is -1.62. The van der Waals surface area contributed by atoms with Crippen molar-refractivity contribution >= 4 is 11.6 Å². The highest BCUT2D eigenvalue weighted by molar-refractivity contribution is 5.93. The average molecular weight is 291 g/mol. The second kappa shape index (κ2) is 6.02. The van der Waals surface area contributed by atoms with Gasteiger partial charge in [-0.1, -0.05) is 20.8 Å². The number of nitrogens with zero attached hydrogens (tertiary/aromatic N) is 1. The second-order valence-electron chi connectivity index (χ2n) is 6.48. The smallest absolute Gasteiger partial charge is 0.228 e. The summed E-state index contributed by atoms with van der Waals surface area (Å²) in [4.78, 5) is 16.7. The molecular weight excluding hydrogens is 266 g/mol. The molecule has 0 spiro atoms. The lowest BCUT2D eigenvalue weighted by Gasteiger charge is -2.46. The zero-order valence-corrected chi connectivity index (χ0v) is 13.2. The van der Waals surface area contributed by atoms with Crippen molar-refractivity contribution in [1.29, 1.82) is 0 Å². The molecule has 0 bridgehead atoms. The number of amides is 1. The summed E-state index contributed by atoms with van der Waals surface area (Å²) in [6.45, 7) is 6.40. The van der Waals surface area contributed by atoms with E-state index in [1.54, 1.807) is 25.4 Å². The molecule has 1 aromatic heterocycles. The van der Waals surface area contributed by atoms with Crippen LogP contribution in [0.3, 0.4) is 0 Å². The molecule has 0 saturated heterocycles. The largest absolute Gasteiger partial charge is 0.481 e. The molecule has 0 radical (unpaired) electrons. The van der Waals surface area contributed by atoms with Crippen molar-refractivity contribution < 1.29 is 9.53 Å². The Morgan fingerprint density at radius 3 is 2.71 bits per heavy atom. The number of ether oxygens (including phenoxy) is 1. The van der Waals surface area contributed by atoms with Gasteiger partial charge in [0.05, 0.1) is 19.0 Å². The molecule has 1 fully saturated rings. The second-order valence-corrected chi connectivity index (χ2v) is 6.48. The van der Waals surface area contributed by atoms with Crippen LogP contribution in [0.15, 0.2) is 18.3 Å². The summed E-state index contributed by atoms with van der Waals surface area (Å²) in [5, 5.41) is 2.96. The van der Waals surface area contributed by atoms with Crippen LogP contribution in [0, 0.1) is 17.3 Å². The standard InChI is InChI=1S/C16H25N3O2/c1-10-13(17)7-6-12(16(10,2)3)15(20)19-11-5-8-14(21-4)18-9-11/h5,8-10,12-13H,6-7,17H2,1-4H3,(H,19,20). The van der Waals surface area contributed by atoms with Gasteiger partial charge >= 0.3 is 0 Å². The van der Waals surface area contributed by atoms with Crippen molar-refractivity contribution in [3.63, 3.8) is 0 Å². The highest BCUT2D eigenvalue weighted by atomic mass is 16.5. The fraction of sp³-hybridized carbons (Fsp3) is 0.625. The van der Waals surface area contributed by atoms with Gasteiger partial charge in [-0.05, 0) is 30.2 Å². The minimum Gasteiger partial charge on any atom is -0.481 e. The molecule has 0 aliphatic heterocycles. The van der Waals surface area contributed by atoms with Gasteiger partial charge in [0.25, 0.3) is 0 Å². The number of pyridine rings is 1. The highest BCUT2D eigenvalue weighted by Crippen LogP contribution is 2.44. The quantitative estimate of drug-likeness (QED) is 0.896. The maximum Gasteiger partial charge on any atom is 0.228 e. The lowest BCUT2D eigenvalue weighted by atomic mass is 9.61. The molecule has 2 rings (SSSR count). The summed E-state index contributed by atoms with van der Waals surface area (Å²) >= 11 is 0. The van der Waals surface area contributed by atoms with Crippen LogP contribution in [-0.2, 0) is 4.79 Å². The van der Waals surface area contributed by atoms with E-state index in [9.17, 15) is 4.79 Å². The van der Waals surface area contributed by atoms with E-state index in [4.69, 9.17) is 10.5 Å². The third kappa shape index (κ3) is 3.18. The van der Waals surface area contributed by atoms with Crippen molar-refractivity contribution in [3.05, 3.63) is 18.3 Å². The van der Waals surface area contributed by atoms with Crippen molar-refractivity contribution in [3.8, 4) is 5.88 Å². The molecule has 3 unspecified atom stereocenters. The number of carbonyl (C=O) groups excluding carboxylic acids is 1. The first-order valence-electron chi connectivity index (χ1n) is 7.42. The first kappa shape index (κ1) is 15.8. The van der Waals surface area contributed by atoms with Gasteiger partial charge in [0.15, 0.2) is 0 Å². The monoisotopic (exact) mass is 291 g/mol. The van der Waals surface area contributed by atoms with Gasteiger partial charge in [0.1, 0.15) is 0 Å². The average Bonchev–Trinajstić information content (AvgIpc) is 2.45. The van der Waals surface area contributed by atoms with Gasteiger partial charge in [0.2, 0.25) is 11.8 Å². The molecule has 1 aromatic rings. The Labute approximate surface area is 126 Å². The number of methoxy groups -OCH3 is 1. The summed E-state index contributed by atoms with van der Waals surface area (Å²) in [5.74, 6) is 0.863. The summed E-state index contributed by atoms with van der Waals surface area (Å²) in [6.07, 6.45) is 3.33. The van der Waals surface area contributed by atoms with Crippen molar-refractivity contribution in [2.24, 2.45) is 23.0 Å². The van der Waals surface area contributed by atoms with E-state index in [0.717, 1.165) is 12.8 Å². The molecule has 1 saturated carbocycles. The zero-order valence-electron chi connectivity index (χ0n) is 13.2. The summed E-state index contributed by atoms with van der Waals surface area (Å²) < 4.78 is 5.01. The molecular formula is C16H25N3O2. The van der Waals surface area contributed by atoms with E-state index in [1.807, 2.05) is 0 Å². The minimum absolute atomic E-state index is 0.0330. The molecule has 0 aromatic carbocycles. The van der Waals surface area contributed by atoms with Crippen LogP contribution in [0.25, 0.3) is 0 Å². The lowest BCUT2D eigenvalue weighted by Crippen LogP contribution is -2.50. The van der Waals surface area contributed by atoms with E-state index in [-0.39, 0.29) is 23.3 Å². The molecule has 1 aliphatic rings. The number of hydrogen-bond acceptors (Lipinski definition) is 4. The van der Waals surface area contributed by atoms with Gasteiger partial charge in [-0.15, -0.1) is 0 Å². The van der Waals surface area contributed by atoms with Crippen LogP contribution in [0.4, 0.5) is 5.69 Å². The third-order valence-corrected chi connectivity index (χ3v) is 5.03. The molecule has 21 heavy (non-hydrogen) atoms. The van der Waals surface area contributed by atoms with Crippen LogP contribution in [0.5, 0.6) is 5.88 Å². The van der Waals surface area contributed by atoms with Gasteiger partial charge in [-0.3, -0.25) is 4.79 Å². The Balaban J connectivity index is 2.08. The number of aromatic nitrogens is 1. The number of hydrogen-bond donors (Lipinski definition) is 2. The Kier molecular flexibility index (Phi) is 4.52. The normalized spacial score (nSPS) is 28.0. The van der Waals surface area contributed by atoms with E-state index >= 15 is 0 Å². The Morgan fingerprint density at radius 1 is 1.43 bits per heavy atom. The predicted octanol–water partition coefficient (Wildman–Crippen LogP) is 2.43. The fourth-order valence-electron chi connectivity index (χ4n) is 3.12. The SMILES string of the molecule is COc1ccc(NC(=O)C2CCC(N)C(C)C2(C)C)cn1. The first-order valence-corrected chi connectivity index (χ1v) is 7.42. The van der Waals surface area contributed by atoms with Crippen molar-refractivity contribution in [1.82, 2.24) is 4.98 Å². The highest BCUT2D eigenvalue weighted by Gasteiger charge is 2.44. The van der Waals surface area contributed by atoms with Gasteiger partial charge in [0, 0.05) is 18.0 Å². The first-order chi connectivity index (χ1) is 9.86. The molecule has 3 N–H and O–H groups in total. The van der Waals surface area contributed by atoms with Crippen LogP contribution in [0.2, 0.25) is 0 Å². The van der Waals surface area contributed by atoms with Crippen LogP contribution < -0.4 is 15.8 Å². The summed E-state index contributed by atoms with van der Waals surface area (Å²) in [6, 6.07) is 3.71. The fourth-order valence-corrected chi connectivity index (χ4v) is 3.12. The Morgan fingerprint density at radius 2 is 2.14 bits per heavy atom. The van der Waals surface area contributed by atoms with Crippen LogP contribution in [0.1, 0.15) is 33.6 Å². The predicted molar refractivity (Wildman–Crippen MR) is 83.1 cm³/mol. The molecule has 1 amide bonds. The van der Waals surface area contributed by atoms with Crippen LogP contribution in [-0.4, -0.2) is 24.0 Å². The number of nitrogens with one attached hydrogen (secondary N) is 1. The molecule has 3 atom stereocenters. The number of rotatable bonds is 3. The third-order valence-electron chi connectivity index (χ3n) is 5.03. The van der Waals surface area contributed by atoms with Gasteiger partial charge in [-0.2, -0.15) is 0 Å². The summed E-state index contributed by atoms with van der Waals surface area (Å²) in [7, 11) is 1.57. The maximum absolute atomic E-state index is 12.6. The Bertz CT molecular complexity index is 499. The molecule has 5 heteroatoms. The van der Waals surface area contributed by atoms with E-state index in [1.165, 1.54) is 0 Å². The molecule has 1 heterocycles. The maximum atomic E-state index is 12.6. The number of nitrogens with two attached hydrogens (primary N) is 1. The molecule has 1 aliphatic carbocycles. The van der Waals surface area contributed by atoms with Gasteiger partial charge < -0.3 is 15.8 Å². The van der Waals surface area contributed by atoms with Crippen molar-refractivity contribution in [2.45, 2.75) is 39.7 Å². The summed E-state index contributed by atoms with van der Waals surface area (Å²) in [5.41, 5.74) is 6.73. The minimum atomic E-state index is -0.109. The lowest BCUT2D eigenvalue weighted by molar-refractivity contribution is -0.127. The number of carbonyl (C=O) groups is 1. The zero-order chi connectivity index (χ0) is 15.6.